The van der Waals surface area contributed by atoms with Gasteiger partial charge in [-0.2, -0.15) is 0 Å². The maximum absolute atomic E-state index is 11.9. The highest BCUT2D eigenvalue weighted by molar-refractivity contribution is 6.33. The molecule has 0 fully saturated rings. The van der Waals surface area contributed by atoms with Gasteiger partial charge < -0.3 is 15.4 Å². The van der Waals surface area contributed by atoms with Crippen LogP contribution in [-0.2, 0) is 4.74 Å². The van der Waals surface area contributed by atoms with Crippen LogP contribution in [0.5, 0.6) is 0 Å². The highest BCUT2D eigenvalue weighted by Gasteiger charge is 2.12. The van der Waals surface area contributed by atoms with Gasteiger partial charge >= 0.3 is 0 Å². The van der Waals surface area contributed by atoms with E-state index in [1.165, 1.54) is 0 Å². The average molecular weight is 300 g/mol. The summed E-state index contributed by atoms with van der Waals surface area (Å²) in [5.74, 6) is 0.350. The molecule has 0 spiro atoms. The predicted molar refractivity (Wildman–Crippen MR) is 81.5 cm³/mol. The lowest BCUT2D eigenvalue weighted by atomic mass is 10.3. The molecule has 0 unspecified atom stereocenters. The van der Waals surface area contributed by atoms with Crippen molar-refractivity contribution in [2.75, 3.05) is 32.1 Å². The number of pyridine rings is 1. The van der Waals surface area contributed by atoms with Crippen LogP contribution >= 0.6 is 11.6 Å². The maximum atomic E-state index is 11.9. The van der Waals surface area contributed by atoms with E-state index in [0.29, 0.717) is 24.0 Å². The fourth-order valence-corrected chi connectivity index (χ4v) is 1.74. The quantitative estimate of drug-likeness (QED) is 0.688. The van der Waals surface area contributed by atoms with Crippen LogP contribution in [0.25, 0.3) is 0 Å². The lowest BCUT2D eigenvalue weighted by Crippen LogP contribution is -2.26. The lowest BCUT2D eigenvalue weighted by Gasteiger charge is -2.08. The Morgan fingerprint density at radius 1 is 1.35 bits per heavy atom. The Morgan fingerprint density at radius 2 is 2.10 bits per heavy atom. The zero-order valence-electron chi connectivity index (χ0n) is 12.0. The Bertz CT molecular complexity index is 427. The van der Waals surface area contributed by atoms with Crippen LogP contribution < -0.4 is 10.6 Å². The van der Waals surface area contributed by atoms with Gasteiger partial charge in [-0.15, -0.1) is 0 Å². The number of carbonyl (C=O) groups excluding carboxylic acids is 1. The smallest absolute Gasteiger partial charge is 0.271 e. The molecule has 0 aliphatic carbocycles. The SMILES string of the molecule is CCCCOCCCNC(=O)c1nc(NC)ccc1Cl. The Labute approximate surface area is 125 Å². The van der Waals surface area contributed by atoms with E-state index in [1.807, 2.05) is 0 Å². The number of rotatable bonds is 9. The molecule has 1 aromatic rings. The first kappa shape index (κ1) is 16.7. The Hall–Kier alpha value is -1.33. The van der Waals surface area contributed by atoms with Crippen LogP contribution in [0.15, 0.2) is 12.1 Å². The Balaban J connectivity index is 2.32. The van der Waals surface area contributed by atoms with Crippen molar-refractivity contribution in [3.63, 3.8) is 0 Å². The van der Waals surface area contributed by atoms with E-state index < -0.39 is 0 Å². The van der Waals surface area contributed by atoms with E-state index in [9.17, 15) is 4.79 Å². The molecule has 0 aromatic carbocycles. The van der Waals surface area contributed by atoms with Gasteiger partial charge in [0, 0.05) is 26.8 Å². The van der Waals surface area contributed by atoms with Crippen molar-refractivity contribution < 1.29 is 9.53 Å². The van der Waals surface area contributed by atoms with Gasteiger partial charge in [0.1, 0.15) is 11.5 Å². The zero-order chi connectivity index (χ0) is 14.8. The highest BCUT2D eigenvalue weighted by atomic mass is 35.5. The third kappa shape index (κ3) is 5.75. The summed E-state index contributed by atoms with van der Waals surface area (Å²) < 4.78 is 5.42. The minimum absolute atomic E-state index is 0.241. The standard InChI is InChI=1S/C14H22ClN3O2/c1-3-4-9-20-10-5-8-17-14(19)13-11(15)6-7-12(16-2)18-13/h6-7H,3-5,8-10H2,1-2H3,(H,16,18)(H,17,19). The minimum Gasteiger partial charge on any atom is -0.381 e. The van der Waals surface area contributed by atoms with Gasteiger partial charge in [0.15, 0.2) is 0 Å². The van der Waals surface area contributed by atoms with Crippen molar-refractivity contribution in [2.45, 2.75) is 26.2 Å². The number of nitrogens with one attached hydrogen (secondary N) is 2. The van der Waals surface area contributed by atoms with Crippen LogP contribution in [0.3, 0.4) is 0 Å². The van der Waals surface area contributed by atoms with Gasteiger partial charge in [-0.1, -0.05) is 24.9 Å². The minimum atomic E-state index is -0.263. The third-order valence-corrected chi connectivity index (χ3v) is 3.02. The van der Waals surface area contributed by atoms with Crippen molar-refractivity contribution >= 4 is 23.3 Å². The van der Waals surface area contributed by atoms with E-state index in [-0.39, 0.29) is 11.6 Å². The van der Waals surface area contributed by atoms with Crippen LogP contribution in [0.1, 0.15) is 36.7 Å². The molecule has 0 radical (unpaired) electrons. The molecule has 1 rings (SSSR count). The first-order valence-corrected chi connectivity index (χ1v) is 7.27. The molecule has 0 aliphatic rings. The monoisotopic (exact) mass is 299 g/mol. The van der Waals surface area contributed by atoms with Gasteiger partial charge in [-0.3, -0.25) is 4.79 Å². The average Bonchev–Trinajstić information content (AvgIpc) is 2.46. The molecule has 112 valence electrons. The van der Waals surface area contributed by atoms with Crippen LogP contribution in [-0.4, -0.2) is 37.7 Å². The maximum Gasteiger partial charge on any atom is 0.271 e. The van der Waals surface area contributed by atoms with Crippen molar-refractivity contribution in [3.05, 3.63) is 22.8 Å². The van der Waals surface area contributed by atoms with Gasteiger partial charge in [-0.05, 0) is 25.0 Å². The van der Waals surface area contributed by atoms with E-state index in [0.717, 1.165) is 25.9 Å². The van der Waals surface area contributed by atoms with Crippen molar-refractivity contribution in [1.82, 2.24) is 10.3 Å². The zero-order valence-corrected chi connectivity index (χ0v) is 12.8. The number of anilines is 1. The molecular formula is C14H22ClN3O2. The summed E-state index contributed by atoms with van der Waals surface area (Å²) in [5, 5.41) is 6.01. The fourth-order valence-electron chi connectivity index (χ4n) is 1.55. The molecule has 20 heavy (non-hydrogen) atoms. The lowest BCUT2D eigenvalue weighted by molar-refractivity contribution is 0.0936. The summed E-state index contributed by atoms with van der Waals surface area (Å²) in [6, 6.07) is 3.38. The number of nitrogens with zero attached hydrogens (tertiary/aromatic N) is 1. The molecule has 1 heterocycles. The van der Waals surface area contributed by atoms with Crippen molar-refractivity contribution in [3.8, 4) is 0 Å². The van der Waals surface area contributed by atoms with E-state index in [2.05, 4.69) is 22.5 Å². The number of carbonyl (C=O) groups is 1. The van der Waals surface area contributed by atoms with Crippen LogP contribution in [0.2, 0.25) is 5.02 Å². The largest absolute Gasteiger partial charge is 0.381 e. The molecule has 5 nitrogen and oxygen atoms in total. The predicted octanol–water partition coefficient (Wildman–Crippen LogP) is 2.71. The molecule has 0 saturated heterocycles. The second-order valence-electron chi connectivity index (χ2n) is 4.35. The fraction of sp³-hybridized carbons (Fsp3) is 0.571. The molecule has 0 saturated carbocycles. The van der Waals surface area contributed by atoms with Crippen LogP contribution in [0, 0.1) is 0 Å². The van der Waals surface area contributed by atoms with Gasteiger partial charge in [0.2, 0.25) is 0 Å². The topological polar surface area (TPSA) is 63.2 Å². The number of hydrogen-bond acceptors (Lipinski definition) is 4. The molecule has 0 aliphatic heterocycles. The second kappa shape index (κ2) is 9.55. The van der Waals surface area contributed by atoms with E-state index in [1.54, 1.807) is 19.2 Å². The normalized spacial score (nSPS) is 10.3. The summed E-state index contributed by atoms with van der Waals surface area (Å²) in [6.07, 6.45) is 2.98. The molecular weight excluding hydrogens is 278 g/mol. The summed E-state index contributed by atoms with van der Waals surface area (Å²) in [4.78, 5) is 16.1. The molecule has 0 atom stereocenters. The van der Waals surface area contributed by atoms with E-state index >= 15 is 0 Å². The van der Waals surface area contributed by atoms with Gasteiger partial charge in [0.05, 0.1) is 5.02 Å². The highest BCUT2D eigenvalue weighted by Crippen LogP contribution is 2.16. The molecule has 2 N–H and O–H groups in total. The molecule has 6 heteroatoms. The molecule has 0 bridgehead atoms. The van der Waals surface area contributed by atoms with Gasteiger partial charge in [0.25, 0.3) is 5.91 Å². The number of ether oxygens (including phenoxy) is 1. The first-order valence-electron chi connectivity index (χ1n) is 6.89. The summed E-state index contributed by atoms with van der Waals surface area (Å²) in [7, 11) is 1.74. The third-order valence-electron chi connectivity index (χ3n) is 2.71. The summed E-state index contributed by atoms with van der Waals surface area (Å²) >= 11 is 5.97. The number of halogens is 1. The first-order chi connectivity index (χ1) is 9.69. The second-order valence-corrected chi connectivity index (χ2v) is 4.76. The van der Waals surface area contributed by atoms with Gasteiger partial charge in [-0.25, -0.2) is 4.98 Å². The Morgan fingerprint density at radius 3 is 2.80 bits per heavy atom. The number of hydrogen-bond donors (Lipinski definition) is 2. The van der Waals surface area contributed by atoms with E-state index in [4.69, 9.17) is 16.3 Å². The summed E-state index contributed by atoms with van der Waals surface area (Å²) in [6.45, 7) is 4.10. The molecule has 1 amide bonds. The van der Waals surface area contributed by atoms with Crippen LogP contribution in [0.4, 0.5) is 5.82 Å². The number of unbranched alkanes of at least 4 members (excludes halogenated alkanes) is 1. The number of aromatic nitrogens is 1. The van der Waals surface area contributed by atoms with Crippen molar-refractivity contribution in [2.24, 2.45) is 0 Å². The Kier molecular flexibility index (Phi) is 7.99. The van der Waals surface area contributed by atoms with Crippen molar-refractivity contribution in [1.29, 1.82) is 0 Å². The summed E-state index contributed by atoms with van der Waals surface area (Å²) in [5.41, 5.74) is 0.241. The number of amides is 1. The molecule has 1 aromatic heterocycles.